The molecule has 9 heteroatoms. The quantitative estimate of drug-likeness (QED) is 0.699. The summed E-state index contributed by atoms with van der Waals surface area (Å²) in [5.41, 5.74) is -1.24. The Labute approximate surface area is 166 Å². The fourth-order valence-corrected chi connectivity index (χ4v) is 5.88. The van der Waals surface area contributed by atoms with Gasteiger partial charge in [0.1, 0.15) is 0 Å². The Kier molecular flexibility index (Phi) is 5.91. The van der Waals surface area contributed by atoms with Gasteiger partial charge in [0, 0.05) is 21.7 Å². The predicted molar refractivity (Wildman–Crippen MR) is 102 cm³/mol. The molecule has 0 spiro atoms. The molecule has 4 nitrogen and oxygen atoms in total. The van der Waals surface area contributed by atoms with Crippen molar-refractivity contribution in [1.82, 2.24) is 4.72 Å². The summed E-state index contributed by atoms with van der Waals surface area (Å²) in [6.45, 7) is 1.86. The Hall–Kier alpha value is -1.42. The number of aliphatic hydroxyl groups is 1. The molecule has 1 aromatic heterocycles. The Bertz CT molecular complexity index is 913. The van der Waals surface area contributed by atoms with E-state index >= 15 is 0 Å². The highest BCUT2D eigenvalue weighted by atomic mass is 32.2. The number of hydrogen-bond acceptors (Lipinski definition) is 4. The number of halogens is 3. The highest BCUT2D eigenvalue weighted by Gasteiger charge is 2.38. The van der Waals surface area contributed by atoms with Gasteiger partial charge in [0.2, 0.25) is 10.0 Å². The lowest BCUT2D eigenvalue weighted by molar-refractivity contribution is -0.137. The van der Waals surface area contributed by atoms with Crippen LogP contribution < -0.4 is 4.72 Å². The topological polar surface area (TPSA) is 66.4 Å². The van der Waals surface area contributed by atoms with E-state index in [0.717, 1.165) is 59.7 Å². The fraction of sp³-hybridized carbons (Fsp3) is 0.474. The summed E-state index contributed by atoms with van der Waals surface area (Å²) >= 11 is 1.48. The van der Waals surface area contributed by atoms with Gasteiger partial charge in [-0.2, -0.15) is 13.2 Å². The molecule has 0 amide bonds. The number of rotatable bonds is 6. The average Bonchev–Trinajstić information content (AvgIpc) is 3.30. The number of alkyl halides is 3. The summed E-state index contributed by atoms with van der Waals surface area (Å²) in [4.78, 5) is 1.66. The Morgan fingerprint density at radius 3 is 2.25 bits per heavy atom. The highest BCUT2D eigenvalue weighted by molar-refractivity contribution is 7.89. The van der Waals surface area contributed by atoms with Crippen molar-refractivity contribution >= 4 is 21.4 Å². The molecule has 1 saturated carbocycles. The standard InChI is InChI=1S/C19H22F3NO3S2/c1-13(24)16-8-9-17(27-16)18(10-2-3-11-18)12-23-28(25,26)15-6-4-14(5-7-15)19(20,21)22/h4-9,13,23-24H,2-3,10-12H2,1H3/t13-/m0/s1. The molecular weight excluding hydrogens is 411 g/mol. The van der Waals surface area contributed by atoms with Gasteiger partial charge >= 0.3 is 6.18 Å². The minimum absolute atomic E-state index is 0.177. The number of sulfonamides is 1. The first-order chi connectivity index (χ1) is 13.0. The van der Waals surface area contributed by atoms with Gasteiger partial charge in [0.05, 0.1) is 16.6 Å². The van der Waals surface area contributed by atoms with E-state index in [0.29, 0.717) is 0 Å². The molecule has 0 saturated heterocycles. The van der Waals surface area contributed by atoms with Crippen molar-refractivity contribution in [3.63, 3.8) is 0 Å². The molecule has 1 heterocycles. The first-order valence-corrected chi connectivity index (χ1v) is 11.3. The van der Waals surface area contributed by atoms with Crippen LogP contribution in [0.1, 0.15) is 54.0 Å². The van der Waals surface area contributed by atoms with Crippen LogP contribution in [-0.4, -0.2) is 20.1 Å². The van der Waals surface area contributed by atoms with Crippen molar-refractivity contribution in [2.24, 2.45) is 0 Å². The van der Waals surface area contributed by atoms with Gasteiger partial charge in [-0.25, -0.2) is 13.1 Å². The van der Waals surface area contributed by atoms with Crippen molar-refractivity contribution < 1.29 is 26.7 Å². The normalized spacial score (nSPS) is 18.3. The lowest BCUT2D eigenvalue weighted by Gasteiger charge is -2.28. The summed E-state index contributed by atoms with van der Waals surface area (Å²) in [5.74, 6) is 0. The Morgan fingerprint density at radius 2 is 1.75 bits per heavy atom. The van der Waals surface area contributed by atoms with Gasteiger partial charge in [0.15, 0.2) is 0 Å². The van der Waals surface area contributed by atoms with Crippen LogP contribution in [0, 0.1) is 0 Å². The van der Waals surface area contributed by atoms with Crippen LogP contribution in [0.25, 0.3) is 0 Å². The van der Waals surface area contributed by atoms with E-state index in [1.807, 2.05) is 12.1 Å². The average molecular weight is 434 g/mol. The number of nitrogens with one attached hydrogen (secondary N) is 1. The largest absolute Gasteiger partial charge is 0.416 e. The van der Waals surface area contributed by atoms with Gasteiger partial charge in [-0.05, 0) is 56.2 Å². The second-order valence-corrected chi connectivity index (χ2v) is 10.1. The van der Waals surface area contributed by atoms with E-state index in [4.69, 9.17) is 0 Å². The number of hydrogen-bond donors (Lipinski definition) is 2. The van der Waals surface area contributed by atoms with E-state index in [1.54, 1.807) is 6.92 Å². The molecular formula is C19H22F3NO3S2. The third-order valence-electron chi connectivity index (χ3n) is 5.21. The third kappa shape index (κ3) is 4.42. The maximum absolute atomic E-state index is 12.7. The SMILES string of the molecule is C[C@H](O)c1ccc(C2(CNS(=O)(=O)c3ccc(C(F)(F)F)cc3)CCCC2)s1. The van der Waals surface area contributed by atoms with Crippen molar-refractivity contribution in [2.75, 3.05) is 6.54 Å². The van der Waals surface area contributed by atoms with Gasteiger partial charge in [-0.3, -0.25) is 0 Å². The monoisotopic (exact) mass is 433 g/mol. The maximum atomic E-state index is 12.7. The predicted octanol–water partition coefficient (Wildman–Crippen LogP) is 4.61. The molecule has 2 aromatic rings. The minimum atomic E-state index is -4.51. The summed E-state index contributed by atoms with van der Waals surface area (Å²) < 4.78 is 65.9. The Balaban J connectivity index is 1.79. The zero-order valence-electron chi connectivity index (χ0n) is 15.3. The maximum Gasteiger partial charge on any atom is 0.416 e. The van der Waals surface area contributed by atoms with Crippen LogP contribution in [-0.2, 0) is 21.6 Å². The van der Waals surface area contributed by atoms with Crippen LogP contribution in [0.4, 0.5) is 13.2 Å². The van der Waals surface area contributed by atoms with Crippen LogP contribution in [0.15, 0.2) is 41.3 Å². The van der Waals surface area contributed by atoms with E-state index in [1.165, 1.54) is 11.3 Å². The van der Waals surface area contributed by atoms with Crippen LogP contribution >= 0.6 is 11.3 Å². The van der Waals surface area contributed by atoms with E-state index < -0.39 is 27.9 Å². The Morgan fingerprint density at radius 1 is 1.14 bits per heavy atom. The third-order valence-corrected chi connectivity index (χ3v) is 8.13. The molecule has 3 rings (SSSR count). The van der Waals surface area contributed by atoms with E-state index in [2.05, 4.69) is 4.72 Å². The van der Waals surface area contributed by atoms with Crippen LogP contribution in [0.2, 0.25) is 0 Å². The molecule has 0 unspecified atom stereocenters. The van der Waals surface area contributed by atoms with E-state index in [-0.39, 0.29) is 16.9 Å². The van der Waals surface area contributed by atoms with Gasteiger partial charge in [0.25, 0.3) is 0 Å². The zero-order chi connectivity index (χ0) is 20.6. The summed E-state index contributed by atoms with van der Waals surface area (Å²) in [6, 6.07) is 7.29. The first kappa shape index (κ1) is 21.3. The lowest BCUT2D eigenvalue weighted by Crippen LogP contribution is -2.38. The number of benzene rings is 1. The highest BCUT2D eigenvalue weighted by Crippen LogP contribution is 2.44. The van der Waals surface area contributed by atoms with Crippen molar-refractivity contribution in [3.8, 4) is 0 Å². The molecule has 0 radical (unpaired) electrons. The zero-order valence-corrected chi connectivity index (χ0v) is 16.9. The minimum Gasteiger partial charge on any atom is -0.388 e. The van der Waals surface area contributed by atoms with E-state index in [9.17, 15) is 26.7 Å². The van der Waals surface area contributed by atoms with Crippen molar-refractivity contribution in [3.05, 3.63) is 51.7 Å². The van der Waals surface area contributed by atoms with Crippen LogP contribution in [0.3, 0.4) is 0 Å². The van der Waals surface area contributed by atoms with Gasteiger partial charge in [-0.15, -0.1) is 11.3 Å². The smallest absolute Gasteiger partial charge is 0.388 e. The molecule has 1 aliphatic carbocycles. The first-order valence-electron chi connectivity index (χ1n) is 8.99. The lowest BCUT2D eigenvalue weighted by atomic mass is 9.85. The second-order valence-electron chi connectivity index (χ2n) is 7.21. The summed E-state index contributed by atoms with van der Waals surface area (Å²) in [5, 5.41) is 9.77. The summed E-state index contributed by atoms with van der Waals surface area (Å²) in [6.07, 6.45) is -1.50. The molecule has 154 valence electrons. The summed E-state index contributed by atoms with van der Waals surface area (Å²) in [7, 11) is -3.93. The molecule has 0 aliphatic heterocycles. The second kappa shape index (κ2) is 7.78. The van der Waals surface area contributed by atoms with Crippen molar-refractivity contribution in [1.29, 1.82) is 0 Å². The number of aliphatic hydroxyl groups excluding tert-OH is 1. The molecule has 0 bridgehead atoms. The molecule has 1 aliphatic rings. The van der Waals surface area contributed by atoms with Crippen molar-refractivity contribution in [2.45, 2.75) is 55.2 Å². The molecule has 1 fully saturated rings. The fourth-order valence-electron chi connectivity index (χ4n) is 3.56. The van der Waals surface area contributed by atoms with Crippen LogP contribution in [0.5, 0.6) is 0 Å². The molecule has 28 heavy (non-hydrogen) atoms. The van der Waals surface area contributed by atoms with Gasteiger partial charge < -0.3 is 5.11 Å². The van der Waals surface area contributed by atoms with Gasteiger partial charge in [-0.1, -0.05) is 12.8 Å². The molecule has 2 N–H and O–H groups in total. The molecule has 1 aromatic carbocycles. The molecule has 1 atom stereocenters. The number of thiophene rings is 1.